The molecule has 0 saturated carbocycles. The van der Waals surface area contributed by atoms with Gasteiger partial charge in [-0.25, -0.2) is 34.9 Å². The van der Waals surface area contributed by atoms with E-state index >= 15 is 0 Å². The molecule has 5 heterocycles. The maximum Gasteiger partial charge on any atom is 0.164 e. The van der Waals surface area contributed by atoms with Crippen molar-refractivity contribution in [1.29, 1.82) is 5.26 Å². The molecule has 10 heteroatoms. The summed E-state index contributed by atoms with van der Waals surface area (Å²) < 4.78 is 4.49. The van der Waals surface area contributed by atoms with Gasteiger partial charge < -0.3 is 4.57 Å². The minimum atomic E-state index is 0.549. The van der Waals surface area contributed by atoms with Crippen LogP contribution in [-0.2, 0) is 0 Å². The van der Waals surface area contributed by atoms with Gasteiger partial charge in [0.2, 0.25) is 0 Å². The molecule has 0 unspecified atom stereocenters. The number of fused-ring (bicyclic) bond motifs is 6. The van der Waals surface area contributed by atoms with Gasteiger partial charge in [0.1, 0.15) is 5.82 Å². The molecule has 76 heavy (non-hydrogen) atoms. The number of pyridine rings is 1. The molecule has 0 saturated heterocycles. The highest BCUT2D eigenvalue weighted by Crippen LogP contribution is 2.41. The number of hydrogen-bond donors (Lipinski definition) is 0. The molecule has 0 aliphatic carbocycles. The first kappa shape index (κ1) is 44.0. The van der Waals surface area contributed by atoms with Crippen LogP contribution in [0.1, 0.15) is 5.56 Å². The Morgan fingerprint density at radius 2 is 0.684 bits per heavy atom. The highest BCUT2D eigenvalue weighted by molar-refractivity contribution is 6.12. The molecule has 5 aromatic heterocycles. The SMILES string of the molecule is N#Cc1cccc(-c2cc(-n3c4ccccc4c4ccc(-c5nc(-c6ccccc6)nc(-c6ccccc6)n5)cc43)ncc2-n2c3ccccc3c3ccc(-c4nc(-c5ccccc5)nc(-c5ccccc5)n4)cc32)c1. The standard InChI is InChI=1S/C66H40N10/c67-40-42-18-17-27-47(36-42)54-39-60(76-56-31-16-14-29-51(56)53-35-33-49(38-58(53)76)66-73-63(45-23-9-3-10-24-45)70-64(74-66)46-25-11-4-12-26-46)68-41-59(54)75-55-30-15-13-28-50(55)52-34-32-48(37-57(52)75)65-71-61(43-19-5-1-6-20-43)69-62(72-65)44-21-7-2-8-22-44/h1-39,41H. The van der Waals surface area contributed by atoms with Gasteiger partial charge in [0, 0.05) is 60.5 Å². The lowest BCUT2D eigenvalue weighted by Crippen LogP contribution is -2.04. The molecule has 10 nitrogen and oxygen atoms in total. The third-order valence-electron chi connectivity index (χ3n) is 13.9. The van der Waals surface area contributed by atoms with Crippen molar-refractivity contribution >= 4 is 43.6 Å². The van der Waals surface area contributed by atoms with Crippen LogP contribution in [0, 0.1) is 11.3 Å². The summed E-state index contributed by atoms with van der Waals surface area (Å²) >= 11 is 0. The Morgan fingerprint density at radius 3 is 1.14 bits per heavy atom. The second kappa shape index (κ2) is 18.4. The van der Waals surface area contributed by atoms with Crippen LogP contribution in [0.2, 0.25) is 0 Å². The predicted molar refractivity (Wildman–Crippen MR) is 302 cm³/mol. The molecule has 0 atom stereocenters. The van der Waals surface area contributed by atoms with Crippen LogP contribution in [0.25, 0.3) is 135 Å². The van der Waals surface area contributed by atoms with Crippen molar-refractivity contribution in [3.63, 3.8) is 0 Å². The quantitative estimate of drug-likeness (QED) is 0.140. The van der Waals surface area contributed by atoms with E-state index < -0.39 is 0 Å². The third-order valence-corrected chi connectivity index (χ3v) is 13.9. The Balaban J connectivity index is 0.983. The monoisotopic (exact) mass is 972 g/mol. The normalized spacial score (nSPS) is 11.4. The van der Waals surface area contributed by atoms with Crippen LogP contribution in [0.5, 0.6) is 0 Å². The lowest BCUT2D eigenvalue weighted by atomic mass is 10.0. The fraction of sp³-hybridized carbons (Fsp3) is 0. The van der Waals surface area contributed by atoms with E-state index in [1.54, 1.807) is 0 Å². The molecule has 0 aliphatic rings. The van der Waals surface area contributed by atoms with Crippen LogP contribution >= 0.6 is 0 Å². The summed E-state index contributed by atoms with van der Waals surface area (Å²) in [6, 6.07) is 82.0. The topological polar surface area (TPSA) is 124 Å². The van der Waals surface area contributed by atoms with Gasteiger partial charge in [-0.3, -0.25) is 4.57 Å². The number of benzene rings is 9. The van der Waals surface area contributed by atoms with Crippen LogP contribution in [-0.4, -0.2) is 44.0 Å². The molecule has 0 N–H and O–H groups in total. The van der Waals surface area contributed by atoms with Gasteiger partial charge >= 0.3 is 0 Å². The van der Waals surface area contributed by atoms with E-state index in [0.717, 1.165) is 93.8 Å². The summed E-state index contributed by atoms with van der Waals surface area (Å²) in [5.74, 6) is 4.16. The Hall–Kier alpha value is -10.8. The zero-order chi connectivity index (χ0) is 50.5. The van der Waals surface area contributed by atoms with Gasteiger partial charge in [-0.05, 0) is 48.0 Å². The molecule has 14 aromatic rings. The third kappa shape index (κ3) is 7.71. The lowest BCUT2D eigenvalue weighted by molar-refractivity contribution is 1.05. The van der Waals surface area contributed by atoms with Gasteiger partial charge in [0.25, 0.3) is 0 Å². The Bertz CT molecular complexity index is 4470. The van der Waals surface area contributed by atoms with E-state index in [-0.39, 0.29) is 0 Å². The fourth-order valence-electron chi connectivity index (χ4n) is 10.3. The summed E-state index contributed by atoms with van der Waals surface area (Å²) in [4.78, 5) is 35.7. The van der Waals surface area contributed by atoms with Crippen molar-refractivity contribution in [2.45, 2.75) is 0 Å². The Morgan fingerprint density at radius 1 is 0.303 bits per heavy atom. The summed E-state index contributed by atoms with van der Waals surface area (Å²) in [6.07, 6.45) is 1.96. The second-order valence-corrected chi connectivity index (χ2v) is 18.5. The largest absolute Gasteiger partial charge is 0.307 e. The molecule has 14 rings (SSSR count). The average Bonchev–Trinajstić information content (AvgIpc) is 4.02. The number of nitriles is 1. The van der Waals surface area contributed by atoms with Crippen molar-refractivity contribution in [3.05, 3.63) is 248 Å². The lowest BCUT2D eigenvalue weighted by Gasteiger charge is -2.17. The van der Waals surface area contributed by atoms with Crippen LogP contribution < -0.4 is 0 Å². The summed E-state index contributed by atoms with van der Waals surface area (Å²) in [6.45, 7) is 0. The average molecular weight is 973 g/mol. The van der Waals surface area contributed by atoms with Crippen molar-refractivity contribution in [2.24, 2.45) is 0 Å². The van der Waals surface area contributed by atoms with Gasteiger partial charge in [-0.1, -0.05) is 194 Å². The highest BCUT2D eigenvalue weighted by Gasteiger charge is 2.22. The minimum absolute atomic E-state index is 0.549. The highest BCUT2D eigenvalue weighted by atomic mass is 15.1. The number of hydrogen-bond acceptors (Lipinski definition) is 8. The van der Waals surface area contributed by atoms with Gasteiger partial charge in [0.15, 0.2) is 34.9 Å². The van der Waals surface area contributed by atoms with Crippen molar-refractivity contribution in [3.8, 4) is 97.0 Å². The zero-order valence-electron chi connectivity index (χ0n) is 40.6. The predicted octanol–water partition coefficient (Wildman–Crippen LogP) is 15.2. The molecule has 0 fully saturated rings. The van der Waals surface area contributed by atoms with E-state index in [4.69, 9.17) is 34.9 Å². The molecular weight excluding hydrogens is 933 g/mol. The van der Waals surface area contributed by atoms with Gasteiger partial charge in [-0.2, -0.15) is 5.26 Å². The van der Waals surface area contributed by atoms with Gasteiger partial charge in [-0.15, -0.1) is 0 Å². The van der Waals surface area contributed by atoms with E-state index in [9.17, 15) is 5.26 Å². The molecular formula is C66H40N10. The summed E-state index contributed by atoms with van der Waals surface area (Å²) in [5, 5.41) is 14.6. The molecule has 0 radical (unpaired) electrons. The molecule has 9 aromatic carbocycles. The molecule has 0 aliphatic heterocycles. The number of nitrogens with zero attached hydrogens (tertiary/aromatic N) is 10. The van der Waals surface area contributed by atoms with E-state index in [1.165, 1.54) is 0 Å². The maximum atomic E-state index is 10.3. The Kier molecular flexibility index (Phi) is 10.6. The minimum Gasteiger partial charge on any atom is -0.307 e. The first-order chi connectivity index (χ1) is 37.6. The molecule has 0 bridgehead atoms. The molecule has 0 spiro atoms. The first-order valence-corrected chi connectivity index (χ1v) is 24.9. The van der Waals surface area contributed by atoms with Crippen molar-refractivity contribution in [2.75, 3.05) is 0 Å². The first-order valence-electron chi connectivity index (χ1n) is 24.9. The van der Waals surface area contributed by atoms with Crippen molar-refractivity contribution < 1.29 is 0 Å². The summed E-state index contributed by atoms with van der Waals surface area (Å²) in [7, 11) is 0. The van der Waals surface area contributed by atoms with Crippen molar-refractivity contribution in [1.82, 2.24) is 44.0 Å². The van der Waals surface area contributed by atoms with Gasteiger partial charge in [0.05, 0.1) is 45.6 Å². The fourth-order valence-corrected chi connectivity index (χ4v) is 10.3. The smallest absolute Gasteiger partial charge is 0.164 e. The number of aromatic nitrogens is 9. The van der Waals surface area contributed by atoms with Crippen LogP contribution in [0.4, 0.5) is 0 Å². The van der Waals surface area contributed by atoms with E-state index in [2.05, 4.69) is 112 Å². The number of rotatable bonds is 9. The van der Waals surface area contributed by atoms with E-state index in [1.807, 2.05) is 146 Å². The molecule has 354 valence electrons. The second-order valence-electron chi connectivity index (χ2n) is 18.5. The Labute approximate surface area is 436 Å². The van der Waals surface area contributed by atoms with Crippen LogP contribution in [0.3, 0.4) is 0 Å². The van der Waals surface area contributed by atoms with E-state index in [0.29, 0.717) is 46.3 Å². The zero-order valence-corrected chi connectivity index (χ0v) is 40.6. The van der Waals surface area contributed by atoms with Crippen LogP contribution in [0.15, 0.2) is 243 Å². The maximum absolute atomic E-state index is 10.3. The molecule has 0 amide bonds. The summed E-state index contributed by atoms with van der Waals surface area (Å²) in [5.41, 5.74) is 12.2. The number of para-hydroxylation sites is 2.